The van der Waals surface area contributed by atoms with Gasteiger partial charge in [0.25, 0.3) is 0 Å². The minimum absolute atomic E-state index is 0.242. The zero-order valence-electron chi connectivity index (χ0n) is 6.17. The zero-order valence-corrected chi connectivity index (χ0v) is 6.17. The first-order valence-electron chi connectivity index (χ1n) is 3.47. The van der Waals surface area contributed by atoms with Gasteiger partial charge in [-0.05, 0) is 19.1 Å². The van der Waals surface area contributed by atoms with Crippen LogP contribution < -0.4 is 0 Å². The molecule has 1 aliphatic heterocycles. The van der Waals surface area contributed by atoms with Crippen molar-refractivity contribution in [3.63, 3.8) is 0 Å². The molecule has 58 valence electrons. The van der Waals surface area contributed by atoms with Gasteiger partial charge in [0.2, 0.25) is 0 Å². The van der Waals surface area contributed by atoms with Crippen LogP contribution in [0.15, 0.2) is 18.3 Å². The Kier molecular flexibility index (Phi) is 1.23. The summed E-state index contributed by atoms with van der Waals surface area (Å²) in [5, 5.41) is 0. The molecule has 1 aromatic rings. The fourth-order valence-electron chi connectivity index (χ4n) is 0.945. The number of ether oxygens (including phenoxy) is 1. The highest BCUT2D eigenvalue weighted by atomic mass is 19.1. The largest absolute Gasteiger partial charge is 0.363 e. The molecule has 3 heteroatoms. The van der Waals surface area contributed by atoms with Crippen LogP contribution in [-0.4, -0.2) is 11.6 Å². The number of epoxide rings is 1. The molecule has 11 heavy (non-hydrogen) atoms. The van der Waals surface area contributed by atoms with Crippen molar-refractivity contribution in [2.24, 2.45) is 0 Å². The van der Waals surface area contributed by atoms with Crippen LogP contribution in [0, 0.1) is 5.82 Å². The molecule has 0 saturated carbocycles. The van der Waals surface area contributed by atoms with Gasteiger partial charge in [-0.1, -0.05) is 0 Å². The van der Waals surface area contributed by atoms with Crippen LogP contribution in [0.25, 0.3) is 0 Å². The van der Waals surface area contributed by atoms with E-state index in [1.54, 1.807) is 6.07 Å². The Morgan fingerprint density at radius 2 is 2.36 bits per heavy atom. The monoisotopic (exact) mass is 153 g/mol. The topological polar surface area (TPSA) is 25.4 Å². The second kappa shape index (κ2) is 2.01. The molecule has 1 unspecified atom stereocenters. The molecule has 2 nitrogen and oxygen atoms in total. The van der Waals surface area contributed by atoms with Gasteiger partial charge in [0.1, 0.15) is 11.4 Å². The lowest BCUT2D eigenvalue weighted by molar-refractivity contribution is 0.323. The first-order valence-corrected chi connectivity index (χ1v) is 3.47. The lowest BCUT2D eigenvalue weighted by atomic mass is 10.1. The minimum atomic E-state index is -0.307. The first kappa shape index (κ1) is 6.73. The predicted molar refractivity (Wildman–Crippen MR) is 37.5 cm³/mol. The molecule has 0 aromatic carbocycles. The molecule has 1 fully saturated rings. The van der Waals surface area contributed by atoms with Crippen molar-refractivity contribution in [1.82, 2.24) is 4.98 Å². The summed E-state index contributed by atoms with van der Waals surface area (Å²) >= 11 is 0. The van der Waals surface area contributed by atoms with Crippen molar-refractivity contribution >= 4 is 0 Å². The van der Waals surface area contributed by atoms with Crippen molar-refractivity contribution in [2.75, 3.05) is 6.61 Å². The summed E-state index contributed by atoms with van der Waals surface area (Å²) in [4.78, 5) is 3.91. The van der Waals surface area contributed by atoms with E-state index in [0.717, 1.165) is 5.69 Å². The highest BCUT2D eigenvalue weighted by Crippen LogP contribution is 2.36. The highest BCUT2D eigenvalue weighted by Gasteiger charge is 2.42. The summed E-state index contributed by atoms with van der Waals surface area (Å²) in [6.07, 6.45) is 1.21. The van der Waals surface area contributed by atoms with E-state index in [4.69, 9.17) is 4.74 Å². The highest BCUT2D eigenvalue weighted by molar-refractivity contribution is 5.17. The third kappa shape index (κ3) is 1.12. The van der Waals surface area contributed by atoms with Crippen LogP contribution in [0.1, 0.15) is 12.6 Å². The molecule has 0 amide bonds. The molecule has 0 aliphatic carbocycles. The van der Waals surface area contributed by atoms with E-state index < -0.39 is 0 Å². The van der Waals surface area contributed by atoms with Gasteiger partial charge in [-0.15, -0.1) is 0 Å². The molecule has 2 rings (SSSR count). The van der Waals surface area contributed by atoms with Crippen LogP contribution in [0.5, 0.6) is 0 Å². The Labute approximate surface area is 64.0 Å². The van der Waals surface area contributed by atoms with E-state index in [0.29, 0.717) is 6.61 Å². The van der Waals surface area contributed by atoms with Gasteiger partial charge in [-0.2, -0.15) is 0 Å². The molecule has 2 heterocycles. The maximum atomic E-state index is 12.4. The normalized spacial score (nSPS) is 28.5. The fourth-order valence-corrected chi connectivity index (χ4v) is 0.945. The maximum Gasteiger partial charge on any atom is 0.141 e. The first-order chi connectivity index (χ1) is 5.21. The molecule has 1 aromatic heterocycles. The smallest absolute Gasteiger partial charge is 0.141 e. The van der Waals surface area contributed by atoms with Gasteiger partial charge in [0.15, 0.2) is 0 Å². The summed E-state index contributed by atoms with van der Waals surface area (Å²) in [7, 11) is 0. The lowest BCUT2D eigenvalue weighted by Gasteiger charge is -2.01. The van der Waals surface area contributed by atoms with Crippen molar-refractivity contribution in [3.8, 4) is 0 Å². The van der Waals surface area contributed by atoms with E-state index >= 15 is 0 Å². The second-order valence-corrected chi connectivity index (χ2v) is 2.88. The Hall–Kier alpha value is -0.960. The Bertz CT molecular complexity index is 266. The quantitative estimate of drug-likeness (QED) is 0.571. The average molecular weight is 153 g/mol. The fraction of sp³-hybridized carbons (Fsp3) is 0.375. The van der Waals surface area contributed by atoms with Gasteiger partial charge in [0.05, 0.1) is 18.5 Å². The molecule has 1 aliphatic rings. The summed E-state index contributed by atoms with van der Waals surface area (Å²) < 4.78 is 17.5. The maximum absolute atomic E-state index is 12.4. The number of halogens is 1. The van der Waals surface area contributed by atoms with Gasteiger partial charge in [-0.25, -0.2) is 4.39 Å². The third-order valence-electron chi connectivity index (χ3n) is 1.85. The Morgan fingerprint density at radius 3 is 2.82 bits per heavy atom. The summed E-state index contributed by atoms with van der Waals surface area (Å²) in [6, 6.07) is 3.05. The number of nitrogens with zero attached hydrogens (tertiary/aromatic N) is 1. The van der Waals surface area contributed by atoms with Gasteiger partial charge in [-0.3, -0.25) is 4.98 Å². The van der Waals surface area contributed by atoms with Crippen LogP contribution >= 0.6 is 0 Å². The van der Waals surface area contributed by atoms with Crippen molar-refractivity contribution in [1.29, 1.82) is 0 Å². The molecule has 0 radical (unpaired) electrons. The molecular formula is C8H8FNO. The van der Waals surface area contributed by atoms with Gasteiger partial charge >= 0.3 is 0 Å². The SMILES string of the molecule is CC1(c2ccc(F)cn2)CO1. The number of rotatable bonds is 1. The Morgan fingerprint density at radius 1 is 1.64 bits per heavy atom. The van der Waals surface area contributed by atoms with E-state index in [-0.39, 0.29) is 11.4 Å². The molecule has 0 N–H and O–H groups in total. The third-order valence-corrected chi connectivity index (χ3v) is 1.85. The van der Waals surface area contributed by atoms with Crippen molar-refractivity contribution in [3.05, 3.63) is 29.8 Å². The van der Waals surface area contributed by atoms with E-state index in [9.17, 15) is 4.39 Å². The summed E-state index contributed by atoms with van der Waals surface area (Å²) in [6.45, 7) is 2.62. The van der Waals surface area contributed by atoms with Gasteiger partial charge in [0, 0.05) is 0 Å². The molecule has 0 bridgehead atoms. The van der Waals surface area contributed by atoms with Crippen molar-refractivity contribution in [2.45, 2.75) is 12.5 Å². The second-order valence-electron chi connectivity index (χ2n) is 2.88. The van der Waals surface area contributed by atoms with E-state index in [1.807, 2.05) is 6.92 Å². The van der Waals surface area contributed by atoms with Crippen LogP contribution in [0.2, 0.25) is 0 Å². The lowest BCUT2D eigenvalue weighted by Crippen LogP contribution is -2.04. The number of hydrogen-bond acceptors (Lipinski definition) is 2. The van der Waals surface area contributed by atoms with Crippen LogP contribution in [0.4, 0.5) is 4.39 Å². The van der Waals surface area contributed by atoms with Crippen molar-refractivity contribution < 1.29 is 9.13 Å². The Balaban J connectivity index is 2.33. The standard InChI is InChI=1S/C8H8FNO/c1-8(5-11-8)7-3-2-6(9)4-10-7/h2-4H,5H2,1H3. The van der Waals surface area contributed by atoms with Gasteiger partial charge < -0.3 is 4.74 Å². The molecular weight excluding hydrogens is 145 g/mol. The summed E-state index contributed by atoms with van der Waals surface area (Å²) in [5.41, 5.74) is 0.562. The minimum Gasteiger partial charge on any atom is -0.363 e. The average Bonchev–Trinajstić information content (AvgIpc) is 2.70. The predicted octanol–water partition coefficient (Wildman–Crippen LogP) is 1.47. The number of aromatic nitrogens is 1. The zero-order chi connectivity index (χ0) is 7.90. The van der Waals surface area contributed by atoms with E-state index in [2.05, 4.69) is 4.98 Å². The summed E-state index contributed by atoms with van der Waals surface area (Å²) in [5.74, 6) is -0.307. The number of pyridine rings is 1. The van der Waals surface area contributed by atoms with Crippen LogP contribution in [-0.2, 0) is 10.3 Å². The van der Waals surface area contributed by atoms with E-state index in [1.165, 1.54) is 12.3 Å². The van der Waals surface area contributed by atoms with Crippen LogP contribution in [0.3, 0.4) is 0 Å². The number of hydrogen-bond donors (Lipinski definition) is 0. The molecule has 1 saturated heterocycles. The molecule has 1 atom stereocenters. The molecule has 0 spiro atoms.